The number of halogens is 1. The smallest absolute Gasteiger partial charge is 0.178 e. The molecule has 0 fully saturated rings. The minimum Gasteiger partial charge on any atom is -0.399 e. The van der Waals surface area contributed by atoms with E-state index >= 15 is 0 Å². The molecular formula is C11H18ClNO2S. The zero-order valence-corrected chi connectivity index (χ0v) is 11.0. The summed E-state index contributed by atoms with van der Waals surface area (Å²) in [6, 6.07) is 6.37. The third kappa shape index (κ3) is 4.41. The van der Waals surface area contributed by atoms with Crippen LogP contribution >= 0.6 is 12.4 Å². The van der Waals surface area contributed by atoms with Crippen LogP contribution in [-0.4, -0.2) is 14.2 Å². The highest BCUT2D eigenvalue weighted by molar-refractivity contribution is 7.91. The molecule has 0 aliphatic heterocycles. The summed E-state index contributed by atoms with van der Waals surface area (Å²) in [7, 11) is -3.10. The molecule has 1 aromatic carbocycles. The van der Waals surface area contributed by atoms with Crippen molar-refractivity contribution >= 4 is 27.9 Å². The molecule has 0 saturated heterocycles. The zero-order valence-electron chi connectivity index (χ0n) is 9.35. The number of hydrogen-bond donors (Lipinski definition) is 1. The molecule has 0 unspecified atom stereocenters. The van der Waals surface area contributed by atoms with Crippen molar-refractivity contribution < 1.29 is 8.42 Å². The van der Waals surface area contributed by atoms with Crippen molar-refractivity contribution in [3.8, 4) is 0 Å². The first kappa shape index (κ1) is 15.3. The largest absolute Gasteiger partial charge is 0.399 e. The van der Waals surface area contributed by atoms with Crippen LogP contribution in [0.15, 0.2) is 29.2 Å². The number of benzene rings is 1. The third-order valence-corrected chi connectivity index (χ3v) is 4.07. The van der Waals surface area contributed by atoms with E-state index in [1.165, 1.54) is 0 Å². The van der Waals surface area contributed by atoms with Gasteiger partial charge in [0.2, 0.25) is 0 Å². The lowest BCUT2D eigenvalue weighted by molar-refractivity contribution is 0.591. The highest BCUT2D eigenvalue weighted by Crippen LogP contribution is 2.14. The Kier molecular flexibility index (Phi) is 6.45. The fourth-order valence-corrected chi connectivity index (χ4v) is 2.71. The maximum Gasteiger partial charge on any atom is 0.178 e. The molecule has 0 radical (unpaired) electrons. The van der Waals surface area contributed by atoms with Gasteiger partial charge in [0.25, 0.3) is 0 Å². The molecule has 5 heteroatoms. The molecule has 0 heterocycles. The SMILES string of the molecule is CCCCCS(=O)(=O)c1ccc(N)cc1.Cl. The predicted molar refractivity (Wildman–Crippen MR) is 69.7 cm³/mol. The van der Waals surface area contributed by atoms with E-state index in [4.69, 9.17) is 5.73 Å². The summed E-state index contributed by atoms with van der Waals surface area (Å²) < 4.78 is 23.6. The first-order valence-electron chi connectivity index (χ1n) is 5.14. The van der Waals surface area contributed by atoms with Gasteiger partial charge in [-0.25, -0.2) is 8.42 Å². The average molecular weight is 264 g/mol. The first-order valence-corrected chi connectivity index (χ1v) is 6.80. The van der Waals surface area contributed by atoms with Gasteiger partial charge in [-0.15, -0.1) is 12.4 Å². The van der Waals surface area contributed by atoms with Crippen LogP contribution in [-0.2, 0) is 9.84 Å². The second kappa shape index (κ2) is 6.76. The van der Waals surface area contributed by atoms with E-state index in [1.54, 1.807) is 24.3 Å². The van der Waals surface area contributed by atoms with Crippen molar-refractivity contribution in [1.82, 2.24) is 0 Å². The van der Waals surface area contributed by atoms with Crippen molar-refractivity contribution in [3.63, 3.8) is 0 Å². The Hall–Kier alpha value is -0.740. The lowest BCUT2D eigenvalue weighted by atomic mass is 10.3. The van der Waals surface area contributed by atoms with Gasteiger partial charge in [-0.3, -0.25) is 0 Å². The standard InChI is InChI=1S/C11H17NO2S.ClH/c1-2-3-4-9-15(13,14)11-7-5-10(12)6-8-11;/h5-8H,2-4,9,12H2,1H3;1H. The molecule has 0 aliphatic rings. The number of unbranched alkanes of at least 4 members (excludes halogenated alkanes) is 2. The van der Waals surface area contributed by atoms with Crippen LogP contribution in [0, 0.1) is 0 Å². The quantitative estimate of drug-likeness (QED) is 0.656. The summed E-state index contributed by atoms with van der Waals surface area (Å²) in [6.07, 6.45) is 2.70. The molecule has 0 amide bonds. The summed E-state index contributed by atoms with van der Waals surface area (Å²) in [6.45, 7) is 2.05. The first-order chi connectivity index (χ1) is 7.06. The van der Waals surface area contributed by atoms with Gasteiger partial charge in [0.05, 0.1) is 10.6 Å². The van der Waals surface area contributed by atoms with Crippen LogP contribution in [0.4, 0.5) is 5.69 Å². The van der Waals surface area contributed by atoms with E-state index in [0.717, 1.165) is 19.3 Å². The summed E-state index contributed by atoms with van der Waals surface area (Å²) in [4.78, 5) is 0.368. The van der Waals surface area contributed by atoms with Crippen LogP contribution in [0.3, 0.4) is 0 Å². The lowest BCUT2D eigenvalue weighted by Gasteiger charge is -2.03. The summed E-state index contributed by atoms with van der Waals surface area (Å²) in [5.41, 5.74) is 6.08. The molecule has 2 N–H and O–H groups in total. The Balaban J connectivity index is 0.00000225. The molecule has 0 aliphatic carbocycles. The normalized spacial score (nSPS) is 10.8. The summed E-state index contributed by atoms with van der Waals surface area (Å²) in [5.74, 6) is 0.227. The van der Waals surface area contributed by atoms with E-state index in [-0.39, 0.29) is 18.2 Å². The van der Waals surface area contributed by atoms with E-state index in [9.17, 15) is 8.42 Å². The van der Waals surface area contributed by atoms with Crippen LogP contribution < -0.4 is 5.73 Å². The highest BCUT2D eigenvalue weighted by atomic mass is 35.5. The minimum atomic E-state index is -3.10. The molecule has 3 nitrogen and oxygen atoms in total. The van der Waals surface area contributed by atoms with Gasteiger partial charge in [-0.1, -0.05) is 19.8 Å². The van der Waals surface area contributed by atoms with Crippen molar-refractivity contribution in [2.75, 3.05) is 11.5 Å². The molecule has 1 rings (SSSR count). The maximum absolute atomic E-state index is 11.8. The highest BCUT2D eigenvalue weighted by Gasteiger charge is 2.12. The van der Waals surface area contributed by atoms with Gasteiger partial charge >= 0.3 is 0 Å². The Bertz CT molecular complexity index is 400. The van der Waals surface area contributed by atoms with Crippen molar-refractivity contribution in [3.05, 3.63) is 24.3 Å². The van der Waals surface area contributed by atoms with Gasteiger partial charge < -0.3 is 5.73 Å². The fraction of sp³-hybridized carbons (Fsp3) is 0.455. The van der Waals surface area contributed by atoms with Crippen molar-refractivity contribution in [2.24, 2.45) is 0 Å². The van der Waals surface area contributed by atoms with Gasteiger partial charge in [-0.05, 0) is 30.7 Å². The molecule has 92 valence electrons. The molecule has 16 heavy (non-hydrogen) atoms. The molecule has 0 spiro atoms. The van der Waals surface area contributed by atoms with E-state index < -0.39 is 9.84 Å². The van der Waals surface area contributed by atoms with Crippen LogP contribution in [0.2, 0.25) is 0 Å². The van der Waals surface area contributed by atoms with Crippen LogP contribution in [0.25, 0.3) is 0 Å². The van der Waals surface area contributed by atoms with Crippen LogP contribution in [0.5, 0.6) is 0 Å². The van der Waals surface area contributed by atoms with Gasteiger partial charge in [0, 0.05) is 5.69 Å². The third-order valence-electron chi connectivity index (χ3n) is 2.26. The zero-order chi connectivity index (χ0) is 11.3. The Morgan fingerprint density at radius 1 is 1.12 bits per heavy atom. The topological polar surface area (TPSA) is 60.2 Å². The number of nitrogens with two attached hydrogens (primary N) is 1. The van der Waals surface area contributed by atoms with Crippen molar-refractivity contribution in [1.29, 1.82) is 0 Å². The molecule has 0 atom stereocenters. The second-order valence-corrected chi connectivity index (χ2v) is 5.70. The van der Waals surface area contributed by atoms with E-state index in [0.29, 0.717) is 10.6 Å². The number of rotatable bonds is 5. The number of sulfone groups is 1. The van der Waals surface area contributed by atoms with E-state index in [1.807, 2.05) is 0 Å². The van der Waals surface area contributed by atoms with Crippen LogP contribution in [0.1, 0.15) is 26.2 Å². The average Bonchev–Trinajstić information content (AvgIpc) is 2.18. The Labute approximate surface area is 103 Å². The number of nitrogen functional groups attached to an aromatic ring is 1. The summed E-state index contributed by atoms with van der Waals surface area (Å²) >= 11 is 0. The second-order valence-electron chi connectivity index (χ2n) is 3.60. The fourth-order valence-electron chi connectivity index (χ4n) is 1.34. The Morgan fingerprint density at radius 3 is 2.19 bits per heavy atom. The molecule has 0 aromatic heterocycles. The van der Waals surface area contributed by atoms with Gasteiger partial charge in [-0.2, -0.15) is 0 Å². The van der Waals surface area contributed by atoms with Crippen molar-refractivity contribution in [2.45, 2.75) is 31.1 Å². The lowest BCUT2D eigenvalue weighted by Crippen LogP contribution is -2.06. The van der Waals surface area contributed by atoms with Gasteiger partial charge in [0.15, 0.2) is 9.84 Å². The number of anilines is 1. The molecule has 1 aromatic rings. The Morgan fingerprint density at radius 2 is 1.69 bits per heavy atom. The molecule has 0 saturated carbocycles. The van der Waals surface area contributed by atoms with E-state index in [2.05, 4.69) is 6.92 Å². The number of hydrogen-bond acceptors (Lipinski definition) is 3. The minimum absolute atomic E-state index is 0. The monoisotopic (exact) mass is 263 g/mol. The van der Waals surface area contributed by atoms with Gasteiger partial charge in [0.1, 0.15) is 0 Å². The molecular weight excluding hydrogens is 246 g/mol. The summed E-state index contributed by atoms with van der Waals surface area (Å²) in [5, 5.41) is 0. The maximum atomic E-state index is 11.8. The molecule has 0 bridgehead atoms. The predicted octanol–water partition coefficient (Wildman–Crippen LogP) is 2.65.